The third-order valence-electron chi connectivity index (χ3n) is 5.79. The number of nitrogens with one attached hydrogen (secondary N) is 1. The standard InChI is InChI=1S/C23H30ClN3O3S/c1-17-9-6-7-14-27(17)31(29,30)19-11-8-10-18(15-19)23(28)25-16-22(26(2)3)20-12-4-5-13-21(20)24/h4-5,8,10-13,15,17,22H,6-7,9,14,16H2,1-3H3,(H,25,28). The van der Waals surface area contributed by atoms with E-state index < -0.39 is 10.0 Å². The lowest BCUT2D eigenvalue weighted by atomic mass is 10.1. The van der Waals surface area contributed by atoms with Crippen LogP contribution >= 0.6 is 11.6 Å². The van der Waals surface area contributed by atoms with Gasteiger partial charge in [-0.1, -0.05) is 42.3 Å². The van der Waals surface area contributed by atoms with E-state index in [-0.39, 0.29) is 22.9 Å². The SMILES string of the molecule is CC1CCCCN1S(=O)(=O)c1cccc(C(=O)NCC(c2ccccc2Cl)N(C)C)c1. The molecule has 6 nitrogen and oxygen atoms in total. The highest BCUT2D eigenvalue weighted by Gasteiger charge is 2.31. The number of carbonyl (C=O) groups is 1. The van der Waals surface area contributed by atoms with Crippen molar-refractivity contribution < 1.29 is 13.2 Å². The number of halogens is 1. The van der Waals surface area contributed by atoms with Gasteiger partial charge >= 0.3 is 0 Å². The molecule has 2 aromatic rings. The Hall–Kier alpha value is -1.93. The fourth-order valence-corrected chi connectivity index (χ4v) is 5.98. The molecule has 1 heterocycles. The van der Waals surface area contributed by atoms with Crippen molar-refractivity contribution in [3.8, 4) is 0 Å². The molecule has 31 heavy (non-hydrogen) atoms. The summed E-state index contributed by atoms with van der Waals surface area (Å²) in [6, 6.07) is 13.7. The molecule has 1 aliphatic rings. The average molecular weight is 464 g/mol. The van der Waals surface area contributed by atoms with Crippen LogP contribution in [0.2, 0.25) is 5.02 Å². The van der Waals surface area contributed by atoms with Crippen LogP contribution in [0.3, 0.4) is 0 Å². The highest BCUT2D eigenvalue weighted by atomic mass is 35.5. The van der Waals surface area contributed by atoms with Crippen LogP contribution in [0.15, 0.2) is 53.4 Å². The lowest BCUT2D eigenvalue weighted by Gasteiger charge is -2.32. The van der Waals surface area contributed by atoms with Gasteiger partial charge in [-0.2, -0.15) is 4.31 Å². The van der Waals surface area contributed by atoms with Gasteiger partial charge in [-0.3, -0.25) is 4.79 Å². The summed E-state index contributed by atoms with van der Waals surface area (Å²) in [7, 11) is 0.215. The summed E-state index contributed by atoms with van der Waals surface area (Å²) in [5.74, 6) is -0.317. The first-order valence-electron chi connectivity index (χ1n) is 10.5. The van der Waals surface area contributed by atoms with Crippen LogP contribution in [0.5, 0.6) is 0 Å². The van der Waals surface area contributed by atoms with Gasteiger partial charge in [0, 0.05) is 29.7 Å². The Morgan fingerprint density at radius 1 is 1.19 bits per heavy atom. The Morgan fingerprint density at radius 2 is 1.94 bits per heavy atom. The summed E-state index contributed by atoms with van der Waals surface area (Å²) in [6.07, 6.45) is 2.75. The number of nitrogens with zero attached hydrogens (tertiary/aromatic N) is 2. The van der Waals surface area contributed by atoms with Crippen molar-refractivity contribution in [3.05, 3.63) is 64.7 Å². The van der Waals surface area contributed by atoms with E-state index in [1.807, 2.05) is 50.2 Å². The van der Waals surface area contributed by atoms with E-state index in [9.17, 15) is 13.2 Å². The van der Waals surface area contributed by atoms with Crippen LogP contribution in [0, 0.1) is 0 Å². The van der Waals surface area contributed by atoms with Gasteiger partial charge in [0.2, 0.25) is 10.0 Å². The van der Waals surface area contributed by atoms with Crippen molar-refractivity contribution in [1.29, 1.82) is 0 Å². The molecule has 1 amide bonds. The number of hydrogen-bond donors (Lipinski definition) is 1. The third kappa shape index (κ3) is 5.47. The molecule has 2 unspecified atom stereocenters. The van der Waals surface area contributed by atoms with Gasteiger partial charge in [-0.05, 0) is 63.7 Å². The zero-order valence-electron chi connectivity index (χ0n) is 18.2. The van der Waals surface area contributed by atoms with Gasteiger partial charge in [-0.15, -0.1) is 0 Å². The molecular weight excluding hydrogens is 434 g/mol. The zero-order valence-corrected chi connectivity index (χ0v) is 19.8. The van der Waals surface area contributed by atoms with Gasteiger partial charge in [0.05, 0.1) is 10.9 Å². The van der Waals surface area contributed by atoms with E-state index in [0.717, 1.165) is 24.8 Å². The number of amides is 1. The van der Waals surface area contributed by atoms with E-state index in [1.54, 1.807) is 22.5 Å². The van der Waals surface area contributed by atoms with Crippen LogP contribution < -0.4 is 5.32 Å². The maximum absolute atomic E-state index is 13.1. The van der Waals surface area contributed by atoms with Crippen molar-refractivity contribution in [2.45, 2.75) is 43.2 Å². The Balaban J connectivity index is 1.76. The van der Waals surface area contributed by atoms with E-state index in [0.29, 0.717) is 23.7 Å². The number of hydrogen-bond acceptors (Lipinski definition) is 4. The summed E-state index contributed by atoms with van der Waals surface area (Å²) in [5.41, 5.74) is 1.24. The molecule has 3 rings (SSSR count). The largest absolute Gasteiger partial charge is 0.350 e. The lowest BCUT2D eigenvalue weighted by Crippen LogP contribution is -2.42. The summed E-state index contributed by atoms with van der Waals surface area (Å²) in [4.78, 5) is 15.0. The molecule has 1 saturated heterocycles. The number of piperidine rings is 1. The first kappa shape index (κ1) is 23.7. The molecule has 0 bridgehead atoms. The minimum atomic E-state index is -3.63. The van der Waals surface area contributed by atoms with E-state index in [2.05, 4.69) is 5.32 Å². The molecular formula is C23H30ClN3O3S. The highest BCUT2D eigenvalue weighted by molar-refractivity contribution is 7.89. The molecule has 0 aromatic heterocycles. The Morgan fingerprint density at radius 3 is 2.61 bits per heavy atom. The fourth-order valence-electron chi connectivity index (χ4n) is 3.97. The number of sulfonamides is 1. The minimum absolute atomic E-state index is 0.0345. The van der Waals surface area contributed by atoms with Gasteiger partial charge in [0.1, 0.15) is 0 Å². The monoisotopic (exact) mass is 463 g/mol. The number of likely N-dealkylation sites (N-methyl/N-ethyl adjacent to an activating group) is 1. The van der Waals surface area contributed by atoms with Gasteiger partial charge < -0.3 is 10.2 Å². The van der Waals surface area contributed by atoms with Crippen molar-refractivity contribution in [2.75, 3.05) is 27.2 Å². The van der Waals surface area contributed by atoms with Gasteiger partial charge in [0.25, 0.3) is 5.91 Å². The second kappa shape index (κ2) is 10.1. The molecule has 0 saturated carbocycles. The van der Waals surface area contributed by atoms with Crippen molar-refractivity contribution in [2.24, 2.45) is 0 Å². The molecule has 2 atom stereocenters. The Bertz CT molecular complexity index is 1030. The maximum atomic E-state index is 13.1. The van der Waals surface area contributed by atoms with Crippen molar-refractivity contribution in [3.63, 3.8) is 0 Å². The number of benzene rings is 2. The highest BCUT2D eigenvalue weighted by Crippen LogP contribution is 2.27. The van der Waals surface area contributed by atoms with E-state index in [1.165, 1.54) is 6.07 Å². The summed E-state index contributed by atoms with van der Waals surface area (Å²) >= 11 is 6.34. The van der Waals surface area contributed by atoms with Gasteiger partial charge in [0.15, 0.2) is 0 Å². The molecule has 168 valence electrons. The Labute approximate surface area is 190 Å². The molecule has 8 heteroatoms. The predicted octanol–water partition coefficient (Wildman–Crippen LogP) is 3.94. The molecule has 1 fully saturated rings. The predicted molar refractivity (Wildman–Crippen MR) is 124 cm³/mol. The van der Waals surface area contributed by atoms with Crippen LogP contribution in [0.1, 0.15) is 48.1 Å². The molecule has 0 aliphatic carbocycles. The summed E-state index contributed by atoms with van der Waals surface area (Å²) in [5, 5.41) is 3.56. The quantitative estimate of drug-likeness (QED) is 0.675. The Kier molecular flexibility index (Phi) is 7.75. The van der Waals surface area contributed by atoms with E-state index in [4.69, 9.17) is 11.6 Å². The topological polar surface area (TPSA) is 69.7 Å². The smallest absolute Gasteiger partial charge is 0.251 e. The summed E-state index contributed by atoms with van der Waals surface area (Å²) in [6.45, 7) is 2.79. The zero-order chi connectivity index (χ0) is 22.6. The van der Waals surface area contributed by atoms with Crippen molar-refractivity contribution in [1.82, 2.24) is 14.5 Å². The first-order chi connectivity index (χ1) is 14.7. The first-order valence-corrected chi connectivity index (χ1v) is 12.3. The average Bonchev–Trinajstić information content (AvgIpc) is 2.75. The third-order valence-corrected chi connectivity index (χ3v) is 8.14. The van der Waals surface area contributed by atoms with E-state index >= 15 is 0 Å². The second-order valence-corrected chi connectivity index (χ2v) is 10.5. The maximum Gasteiger partial charge on any atom is 0.251 e. The fraction of sp³-hybridized carbons (Fsp3) is 0.435. The number of rotatable bonds is 7. The molecule has 0 spiro atoms. The van der Waals surface area contributed by atoms with Gasteiger partial charge in [-0.25, -0.2) is 8.42 Å². The molecule has 2 aromatic carbocycles. The lowest BCUT2D eigenvalue weighted by molar-refractivity contribution is 0.0941. The van der Waals surface area contributed by atoms with Crippen molar-refractivity contribution >= 4 is 27.5 Å². The van der Waals surface area contributed by atoms with Crippen LogP contribution in [-0.4, -0.2) is 56.8 Å². The molecule has 1 aliphatic heterocycles. The minimum Gasteiger partial charge on any atom is -0.350 e. The van der Waals surface area contributed by atoms with Crippen LogP contribution in [0.4, 0.5) is 0 Å². The normalized spacial score (nSPS) is 18.7. The van der Waals surface area contributed by atoms with Crippen LogP contribution in [-0.2, 0) is 10.0 Å². The number of carbonyl (C=O) groups excluding carboxylic acids is 1. The molecule has 1 N–H and O–H groups in total. The molecule has 0 radical (unpaired) electrons. The van der Waals surface area contributed by atoms with Crippen LogP contribution in [0.25, 0.3) is 0 Å². The summed E-state index contributed by atoms with van der Waals surface area (Å²) < 4.78 is 27.8. The second-order valence-electron chi connectivity index (χ2n) is 8.20.